The van der Waals surface area contributed by atoms with Gasteiger partial charge in [0.2, 0.25) is 0 Å². The first kappa shape index (κ1) is 13.0. The Kier molecular flexibility index (Phi) is 3.85. The number of rotatable bonds is 3. The molecule has 0 bridgehead atoms. The summed E-state index contributed by atoms with van der Waals surface area (Å²) in [4.78, 5) is 8.50. The highest BCUT2D eigenvalue weighted by molar-refractivity contribution is 7.11. The third-order valence-corrected chi connectivity index (χ3v) is 5.11. The van der Waals surface area contributed by atoms with Crippen LogP contribution < -0.4 is 5.73 Å². The Morgan fingerprint density at radius 3 is 2.59 bits per heavy atom. The summed E-state index contributed by atoms with van der Waals surface area (Å²) in [5, 5.41) is 1.17. The molecular weight excluding hydrogens is 230 g/mol. The van der Waals surface area contributed by atoms with Crippen LogP contribution in [0, 0.1) is 19.8 Å². The lowest BCUT2D eigenvalue weighted by Crippen LogP contribution is -2.30. The molecule has 17 heavy (non-hydrogen) atoms. The van der Waals surface area contributed by atoms with Crippen LogP contribution in [-0.4, -0.2) is 29.0 Å². The van der Waals surface area contributed by atoms with Gasteiger partial charge in [-0.25, -0.2) is 4.98 Å². The molecule has 0 aliphatic carbocycles. The van der Waals surface area contributed by atoms with Crippen molar-refractivity contribution in [1.29, 1.82) is 0 Å². The number of likely N-dealkylation sites (tertiary alicyclic amines) is 1. The van der Waals surface area contributed by atoms with Crippen LogP contribution in [-0.2, 0) is 0 Å². The Morgan fingerprint density at radius 1 is 1.41 bits per heavy atom. The molecule has 0 radical (unpaired) electrons. The van der Waals surface area contributed by atoms with Gasteiger partial charge in [0.05, 0.1) is 10.7 Å². The Hall–Kier alpha value is -0.450. The van der Waals surface area contributed by atoms with Gasteiger partial charge in [0.25, 0.3) is 0 Å². The second kappa shape index (κ2) is 5.04. The van der Waals surface area contributed by atoms with Gasteiger partial charge in [-0.3, -0.25) is 4.90 Å². The van der Waals surface area contributed by atoms with Crippen LogP contribution in [0.2, 0.25) is 0 Å². The summed E-state index contributed by atoms with van der Waals surface area (Å²) < 4.78 is 0. The largest absolute Gasteiger partial charge is 0.328 e. The number of thiazole rings is 1. The predicted molar refractivity (Wildman–Crippen MR) is 73.3 cm³/mol. The lowest BCUT2D eigenvalue weighted by atomic mass is 10.0. The van der Waals surface area contributed by atoms with Gasteiger partial charge in [0.15, 0.2) is 0 Å². The summed E-state index contributed by atoms with van der Waals surface area (Å²) in [6.07, 6.45) is 1.23. The lowest BCUT2D eigenvalue weighted by molar-refractivity contribution is 0.250. The second-order valence-corrected chi connectivity index (χ2v) is 6.50. The van der Waals surface area contributed by atoms with Gasteiger partial charge in [-0.1, -0.05) is 0 Å². The first-order valence-corrected chi connectivity index (χ1v) is 7.24. The third-order valence-electron chi connectivity index (χ3n) is 3.87. The van der Waals surface area contributed by atoms with Crippen molar-refractivity contribution in [2.75, 3.05) is 13.1 Å². The van der Waals surface area contributed by atoms with E-state index in [2.05, 4.69) is 37.6 Å². The van der Waals surface area contributed by atoms with E-state index in [-0.39, 0.29) is 0 Å². The highest BCUT2D eigenvalue weighted by Crippen LogP contribution is 2.33. The molecule has 3 atom stereocenters. The minimum absolute atomic E-state index is 0.316. The zero-order valence-electron chi connectivity index (χ0n) is 11.2. The van der Waals surface area contributed by atoms with Crippen LogP contribution >= 0.6 is 11.3 Å². The number of aromatic nitrogens is 1. The monoisotopic (exact) mass is 253 g/mol. The second-order valence-electron chi connectivity index (χ2n) is 5.26. The molecule has 1 aromatic heterocycles. The standard InChI is InChI=1S/C13H23N3S/c1-8(14)12-5-6-16(7-12)10(3)13-9(2)15-11(4)17-13/h8,10,12H,5-7,14H2,1-4H3. The Morgan fingerprint density at radius 2 is 2.12 bits per heavy atom. The molecular formula is C13H23N3S. The molecule has 2 heterocycles. The zero-order chi connectivity index (χ0) is 12.6. The highest BCUT2D eigenvalue weighted by Gasteiger charge is 2.30. The fourth-order valence-electron chi connectivity index (χ4n) is 2.70. The molecule has 2 N–H and O–H groups in total. The molecule has 2 rings (SSSR count). The van der Waals surface area contributed by atoms with Crippen molar-refractivity contribution in [3.05, 3.63) is 15.6 Å². The first-order valence-electron chi connectivity index (χ1n) is 6.42. The fraction of sp³-hybridized carbons (Fsp3) is 0.769. The van der Waals surface area contributed by atoms with Crippen molar-refractivity contribution in [1.82, 2.24) is 9.88 Å². The van der Waals surface area contributed by atoms with Crippen LogP contribution in [0.4, 0.5) is 0 Å². The molecule has 4 heteroatoms. The highest BCUT2D eigenvalue weighted by atomic mass is 32.1. The lowest BCUT2D eigenvalue weighted by Gasteiger charge is -2.24. The van der Waals surface area contributed by atoms with Crippen LogP contribution in [0.25, 0.3) is 0 Å². The molecule has 3 unspecified atom stereocenters. The Labute approximate surface area is 108 Å². The van der Waals surface area contributed by atoms with Crippen LogP contribution in [0.1, 0.15) is 41.9 Å². The number of aryl methyl sites for hydroxylation is 2. The average Bonchev–Trinajstić information content (AvgIpc) is 2.84. The summed E-state index contributed by atoms with van der Waals surface area (Å²) in [5.41, 5.74) is 7.19. The van der Waals surface area contributed by atoms with E-state index in [0.717, 1.165) is 6.54 Å². The van der Waals surface area contributed by atoms with E-state index in [0.29, 0.717) is 18.0 Å². The topological polar surface area (TPSA) is 42.2 Å². The van der Waals surface area contributed by atoms with E-state index in [1.54, 1.807) is 0 Å². The van der Waals surface area contributed by atoms with Gasteiger partial charge in [-0.05, 0) is 46.6 Å². The summed E-state index contributed by atoms with van der Waals surface area (Å²) in [6.45, 7) is 10.9. The molecule has 1 saturated heterocycles. The quantitative estimate of drug-likeness (QED) is 0.900. The van der Waals surface area contributed by atoms with Crippen LogP contribution in [0.15, 0.2) is 0 Å². The Balaban J connectivity index is 2.06. The Bertz CT molecular complexity index is 386. The predicted octanol–water partition coefficient (Wildman–Crippen LogP) is 2.49. The van der Waals surface area contributed by atoms with E-state index in [1.807, 2.05) is 11.3 Å². The molecule has 1 fully saturated rings. The smallest absolute Gasteiger partial charge is 0.0900 e. The molecule has 3 nitrogen and oxygen atoms in total. The van der Waals surface area contributed by atoms with Crippen molar-refractivity contribution in [3.63, 3.8) is 0 Å². The number of hydrogen-bond donors (Lipinski definition) is 1. The molecule has 0 spiro atoms. The van der Waals surface area contributed by atoms with Crippen LogP contribution in [0.3, 0.4) is 0 Å². The number of nitrogens with two attached hydrogens (primary N) is 1. The van der Waals surface area contributed by atoms with Crippen molar-refractivity contribution in [2.24, 2.45) is 11.7 Å². The molecule has 1 aromatic rings. The van der Waals surface area contributed by atoms with Gasteiger partial charge in [0, 0.05) is 23.5 Å². The summed E-state index contributed by atoms with van der Waals surface area (Å²) in [5.74, 6) is 0.659. The van der Waals surface area contributed by atoms with E-state index in [4.69, 9.17) is 5.73 Å². The van der Waals surface area contributed by atoms with E-state index < -0.39 is 0 Å². The minimum atomic E-state index is 0.316. The average molecular weight is 253 g/mol. The van der Waals surface area contributed by atoms with Crippen molar-refractivity contribution < 1.29 is 0 Å². The normalized spacial score (nSPS) is 25.1. The zero-order valence-corrected chi connectivity index (χ0v) is 12.0. The van der Waals surface area contributed by atoms with E-state index in [1.165, 1.54) is 28.5 Å². The van der Waals surface area contributed by atoms with Crippen molar-refractivity contribution in [2.45, 2.75) is 46.2 Å². The molecule has 96 valence electrons. The molecule has 0 aromatic carbocycles. The molecule has 0 amide bonds. The SMILES string of the molecule is Cc1nc(C)c(C(C)N2CCC(C(C)N)C2)s1. The summed E-state index contributed by atoms with van der Waals surface area (Å²) >= 11 is 1.83. The van der Waals surface area contributed by atoms with E-state index >= 15 is 0 Å². The number of nitrogens with zero attached hydrogens (tertiary/aromatic N) is 2. The maximum atomic E-state index is 6.00. The number of hydrogen-bond acceptors (Lipinski definition) is 4. The molecule has 1 aliphatic rings. The van der Waals surface area contributed by atoms with Gasteiger partial charge >= 0.3 is 0 Å². The third kappa shape index (κ3) is 2.69. The maximum Gasteiger partial charge on any atom is 0.0900 e. The van der Waals surface area contributed by atoms with Gasteiger partial charge in [-0.15, -0.1) is 11.3 Å². The maximum absolute atomic E-state index is 6.00. The molecule has 0 saturated carbocycles. The molecule has 1 aliphatic heterocycles. The van der Waals surface area contributed by atoms with Crippen molar-refractivity contribution >= 4 is 11.3 Å². The van der Waals surface area contributed by atoms with Crippen LogP contribution in [0.5, 0.6) is 0 Å². The van der Waals surface area contributed by atoms with Gasteiger partial charge in [-0.2, -0.15) is 0 Å². The van der Waals surface area contributed by atoms with Crippen molar-refractivity contribution in [3.8, 4) is 0 Å². The van der Waals surface area contributed by atoms with Gasteiger partial charge in [0.1, 0.15) is 0 Å². The van der Waals surface area contributed by atoms with E-state index in [9.17, 15) is 0 Å². The summed E-state index contributed by atoms with van der Waals surface area (Å²) in [6, 6.07) is 0.807. The van der Waals surface area contributed by atoms with Gasteiger partial charge < -0.3 is 5.73 Å². The summed E-state index contributed by atoms with van der Waals surface area (Å²) in [7, 11) is 0. The first-order chi connectivity index (χ1) is 7.99. The fourth-order valence-corrected chi connectivity index (χ4v) is 3.71. The minimum Gasteiger partial charge on any atom is -0.328 e.